The van der Waals surface area contributed by atoms with E-state index in [1.54, 1.807) is 12.1 Å². The third-order valence-electron chi connectivity index (χ3n) is 2.72. The quantitative estimate of drug-likeness (QED) is 0.480. The second kappa shape index (κ2) is 4.39. The highest BCUT2D eigenvalue weighted by Gasteiger charge is 2.18. The zero-order valence-corrected chi connectivity index (χ0v) is 9.09. The zero-order valence-electron chi connectivity index (χ0n) is 9.09. The molecule has 5 nitrogen and oxygen atoms in total. The number of rotatable bonds is 3. The number of hydrogen-bond donors (Lipinski definition) is 2. The molecule has 0 radical (unpaired) electrons. The van der Waals surface area contributed by atoms with E-state index in [0.717, 1.165) is 10.8 Å². The number of aliphatic hydroxyl groups is 1. The number of hydrogen-bond acceptors (Lipinski definition) is 4. The Morgan fingerprint density at radius 1 is 1.29 bits per heavy atom. The van der Waals surface area contributed by atoms with Gasteiger partial charge in [-0.05, 0) is 5.39 Å². The van der Waals surface area contributed by atoms with Crippen LogP contribution in [-0.2, 0) is 6.42 Å². The lowest BCUT2D eigenvalue weighted by molar-refractivity contribution is -0.385. The molecule has 0 aromatic heterocycles. The first-order chi connectivity index (χ1) is 8.15. The van der Waals surface area contributed by atoms with E-state index < -0.39 is 4.92 Å². The number of nitrogens with two attached hydrogens (primary N) is 1. The van der Waals surface area contributed by atoms with Crippen molar-refractivity contribution in [3.63, 3.8) is 0 Å². The minimum absolute atomic E-state index is 0.0322. The number of aliphatic hydroxyl groups excluding tert-OH is 1. The fourth-order valence-corrected chi connectivity index (χ4v) is 1.99. The highest BCUT2D eigenvalue weighted by Crippen LogP contribution is 2.32. The summed E-state index contributed by atoms with van der Waals surface area (Å²) in [5, 5.41) is 21.5. The Balaban J connectivity index is 2.82. The summed E-state index contributed by atoms with van der Waals surface area (Å²) in [4.78, 5) is 10.5. The second-order valence-electron chi connectivity index (χ2n) is 3.74. The summed E-state index contributed by atoms with van der Waals surface area (Å²) in [6.07, 6.45) is 0.247. The van der Waals surface area contributed by atoms with Crippen LogP contribution >= 0.6 is 0 Å². The second-order valence-corrected chi connectivity index (χ2v) is 3.74. The first kappa shape index (κ1) is 11.3. The van der Waals surface area contributed by atoms with Gasteiger partial charge in [0.15, 0.2) is 0 Å². The van der Waals surface area contributed by atoms with Gasteiger partial charge in [0, 0.05) is 35.7 Å². The van der Waals surface area contributed by atoms with Gasteiger partial charge in [-0.1, -0.05) is 24.3 Å². The van der Waals surface area contributed by atoms with E-state index in [9.17, 15) is 10.1 Å². The summed E-state index contributed by atoms with van der Waals surface area (Å²) in [7, 11) is 0. The molecule has 2 rings (SSSR count). The summed E-state index contributed by atoms with van der Waals surface area (Å²) in [6, 6.07) is 8.58. The van der Waals surface area contributed by atoms with Gasteiger partial charge in [0.2, 0.25) is 0 Å². The molecule has 0 bridgehead atoms. The van der Waals surface area contributed by atoms with Crippen molar-refractivity contribution in [1.29, 1.82) is 0 Å². The molecule has 0 fully saturated rings. The number of nitro benzene ring substituents is 1. The van der Waals surface area contributed by atoms with E-state index in [1.165, 1.54) is 6.07 Å². The third kappa shape index (κ3) is 1.92. The molecule has 0 amide bonds. The summed E-state index contributed by atoms with van der Waals surface area (Å²) in [5.74, 6) is 0. The number of anilines is 1. The molecule has 0 atom stereocenters. The summed E-state index contributed by atoms with van der Waals surface area (Å²) >= 11 is 0. The SMILES string of the molecule is Nc1cc([N+](=O)[O-])c(CCO)c2ccccc12. The molecule has 5 heteroatoms. The zero-order chi connectivity index (χ0) is 12.4. The Bertz CT molecular complexity index is 581. The van der Waals surface area contributed by atoms with E-state index >= 15 is 0 Å². The van der Waals surface area contributed by atoms with Crippen LogP contribution in [0.25, 0.3) is 10.8 Å². The topological polar surface area (TPSA) is 89.4 Å². The van der Waals surface area contributed by atoms with E-state index in [-0.39, 0.29) is 18.7 Å². The van der Waals surface area contributed by atoms with E-state index in [2.05, 4.69) is 0 Å². The lowest BCUT2D eigenvalue weighted by Gasteiger charge is -2.08. The molecular weight excluding hydrogens is 220 g/mol. The van der Waals surface area contributed by atoms with Gasteiger partial charge in [0.25, 0.3) is 5.69 Å². The summed E-state index contributed by atoms with van der Waals surface area (Å²) in [6.45, 7) is -0.130. The highest BCUT2D eigenvalue weighted by molar-refractivity contribution is 5.97. The molecule has 0 saturated carbocycles. The van der Waals surface area contributed by atoms with Crippen LogP contribution in [0.1, 0.15) is 5.56 Å². The van der Waals surface area contributed by atoms with Crippen molar-refractivity contribution in [2.45, 2.75) is 6.42 Å². The monoisotopic (exact) mass is 232 g/mol. The van der Waals surface area contributed by atoms with Gasteiger partial charge in [-0.15, -0.1) is 0 Å². The average molecular weight is 232 g/mol. The van der Waals surface area contributed by atoms with Gasteiger partial charge in [0.05, 0.1) is 4.92 Å². The molecule has 0 aliphatic carbocycles. The fourth-order valence-electron chi connectivity index (χ4n) is 1.99. The average Bonchev–Trinajstić information content (AvgIpc) is 2.32. The van der Waals surface area contributed by atoms with Gasteiger partial charge in [-0.2, -0.15) is 0 Å². The van der Waals surface area contributed by atoms with Gasteiger partial charge >= 0.3 is 0 Å². The molecule has 3 N–H and O–H groups in total. The van der Waals surface area contributed by atoms with Crippen molar-refractivity contribution in [2.24, 2.45) is 0 Å². The summed E-state index contributed by atoms with van der Waals surface area (Å²) in [5.41, 5.74) is 6.67. The lowest BCUT2D eigenvalue weighted by Crippen LogP contribution is -2.01. The molecule has 0 aliphatic heterocycles. The third-order valence-corrected chi connectivity index (χ3v) is 2.72. The van der Waals surface area contributed by atoms with Crippen molar-refractivity contribution in [3.8, 4) is 0 Å². The van der Waals surface area contributed by atoms with Crippen LogP contribution in [0.5, 0.6) is 0 Å². The van der Waals surface area contributed by atoms with E-state index in [4.69, 9.17) is 10.8 Å². The van der Waals surface area contributed by atoms with Crippen LogP contribution in [0.3, 0.4) is 0 Å². The lowest BCUT2D eigenvalue weighted by atomic mass is 9.99. The predicted molar refractivity (Wildman–Crippen MR) is 65.8 cm³/mol. The van der Waals surface area contributed by atoms with Crippen molar-refractivity contribution < 1.29 is 10.0 Å². The number of nitrogen functional groups attached to an aromatic ring is 1. The van der Waals surface area contributed by atoms with Crippen molar-refractivity contribution in [1.82, 2.24) is 0 Å². The van der Waals surface area contributed by atoms with Crippen LogP contribution in [0.2, 0.25) is 0 Å². The van der Waals surface area contributed by atoms with Gasteiger partial charge < -0.3 is 10.8 Å². The Morgan fingerprint density at radius 2 is 1.94 bits per heavy atom. The maximum atomic E-state index is 11.0. The Morgan fingerprint density at radius 3 is 2.53 bits per heavy atom. The van der Waals surface area contributed by atoms with Gasteiger partial charge in [0.1, 0.15) is 0 Å². The van der Waals surface area contributed by atoms with Crippen molar-refractivity contribution in [2.75, 3.05) is 12.3 Å². The largest absolute Gasteiger partial charge is 0.398 e. The van der Waals surface area contributed by atoms with Crippen LogP contribution < -0.4 is 5.73 Å². The molecule has 2 aromatic rings. The molecular formula is C12H12N2O3. The Hall–Kier alpha value is -2.14. The standard InChI is InChI=1S/C12H12N2O3/c13-11-7-12(14(16)17)10(5-6-15)8-3-1-2-4-9(8)11/h1-4,7,15H,5-6,13H2. The smallest absolute Gasteiger partial charge is 0.275 e. The molecule has 17 heavy (non-hydrogen) atoms. The summed E-state index contributed by atoms with van der Waals surface area (Å²) < 4.78 is 0. The molecule has 0 saturated heterocycles. The van der Waals surface area contributed by atoms with Crippen LogP contribution in [0.15, 0.2) is 30.3 Å². The van der Waals surface area contributed by atoms with Gasteiger partial charge in [-0.25, -0.2) is 0 Å². The number of benzene rings is 2. The molecule has 0 spiro atoms. The Kier molecular flexibility index (Phi) is 2.93. The Labute approximate surface area is 97.6 Å². The fraction of sp³-hybridized carbons (Fsp3) is 0.167. The maximum absolute atomic E-state index is 11.0. The van der Waals surface area contributed by atoms with Crippen LogP contribution in [0, 0.1) is 10.1 Å². The predicted octanol–water partition coefficient (Wildman–Crippen LogP) is 1.86. The normalized spacial score (nSPS) is 10.6. The molecule has 0 unspecified atom stereocenters. The maximum Gasteiger partial charge on any atom is 0.275 e. The van der Waals surface area contributed by atoms with E-state index in [1.807, 2.05) is 12.1 Å². The van der Waals surface area contributed by atoms with Gasteiger partial charge in [-0.3, -0.25) is 10.1 Å². The van der Waals surface area contributed by atoms with E-state index in [0.29, 0.717) is 11.3 Å². The van der Waals surface area contributed by atoms with Crippen LogP contribution in [0.4, 0.5) is 11.4 Å². The number of fused-ring (bicyclic) bond motifs is 1. The minimum atomic E-state index is -0.464. The molecule has 2 aromatic carbocycles. The molecule has 88 valence electrons. The van der Waals surface area contributed by atoms with Crippen molar-refractivity contribution >= 4 is 22.1 Å². The van der Waals surface area contributed by atoms with Crippen molar-refractivity contribution in [3.05, 3.63) is 46.0 Å². The first-order valence-electron chi connectivity index (χ1n) is 5.20. The van der Waals surface area contributed by atoms with Crippen LogP contribution in [-0.4, -0.2) is 16.6 Å². The first-order valence-corrected chi connectivity index (χ1v) is 5.20. The molecule has 0 heterocycles. The number of nitro groups is 1. The molecule has 0 aliphatic rings. The number of nitrogens with zero attached hydrogens (tertiary/aromatic N) is 1. The highest BCUT2D eigenvalue weighted by atomic mass is 16.6. The minimum Gasteiger partial charge on any atom is -0.398 e.